The zero-order valence-corrected chi connectivity index (χ0v) is 12.2. The minimum absolute atomic E-state index is 0.738. The molecule has 0 aromatic heterocycles. The van der Waals surface area contributed by atoms with Crippen LogP contribution in [0.2, 0.25) is 0 Å². The third-order valence-corrected chi connectivity index (χ3v) is 3.95. The molecular formula is C12H20O12. The van der Waals surface area contributed by atoms with Crippen molar-refractivity contribution < 1.29 is 59.9 Å². The number of hydrogen-bond donors (Lipinski definition) is 8. The minimum Gasteiger partial charge on any atom is -0.479 e. The van der Waals surface area contributed by atoms with Crippen LogP contribution in [0.25, 0.3) is 0 Å². The van der Waals surface area contributed by atoms with Gasteiger partial charge in [0.1, 0.15) is 42.7 Å². The Kier molecular flexibility index (Phi) is 6.09. The first-order valence-corrected chi connectivity index (χ1v) is 7.07. The first kappa shape index (κ1) is 19.4. The van der Waals surface area contributed by atoms with E-state index in [1.54, 1.807) is 0 Å². The van der Waals surface area contributed by atoms with Crippen LogP contribution in [-0.4, -0.2) is 115 Å². The van der Waals surface area contributed by atoms with Crippen molar-refractivity contribution in [3.05, 3.63) is 0 Å². The number of rotatable bonds is 4. The zero-order valence-electron chi connectivity index (χ0n) is 12.2. The maximum atomic E-state index is 11.2. The van der Waals surface area contributed by atoms with E-state index in [9.17, 15) is 35.4 Å². The van der Waals surface area contributed by atoms with E-state index in [-0.39, 0.29) is 0 Å². The summed E-state index contributed by atoms with van der Waals surface area (Å²) in [5, 5.41) is 76.2. The molecule has 10 atom stereocenters. The van der Waals surface area contributed by atoms with Crippen LogP contribution >= 0.6 is 0 Å². The highest BCUT2D eigenvalue weighted by molar-refractivity contribution is 5.73. The highest BCUT2D eigenvalue weighted by Gasteiger charge is 2.52. The molecule has 0 saturated carbocycles. The van der Waals surface area contributed by atoms with Crippen molar-refractivity contribution in [2.45, 2.75) is 61.4 Å². The molecule has 0 spiro atoms. The Labute approximate surface area is 135 Å². The van der Waals surface area contributed by atoms with E-state index in [4.69, 9.17) is 19.7 Å². The molecule has 8 N–H and O–H groups in total. The first-order chi connectivity index (χ1) is 11.2. The normalized spacial score (nSPS) is 49.8. The summed E-state index contributed by atoms with van der Waals surface area (Å²) in [5.41, 5.74) is 0. The number of carboxylic acids is 1. The molecule has 0 unspecified atom stereocenters. The maximum Gasteiger partial charge on any atom is 0.335 e. The Balaban J connectivity index is 2.18. The van der Waals surface area contributed by atoms with Gasteiger partial charge in [-0.2, -0.15) is 0 Å². The van der Waals surface area contributed by atoms with E-state index >= 15 is 0 Å². The second kappa shape index (κ2) is 7.53. The first-order valence-electron chi connectivity index (χ1n) is 7.07. The van der Waals surface area contributed by atoms with Gasteiger partial charge in [0.25, 0.3) is 0 Å². The number of aliphatic hydroxyl groups excluding tert-OH is 7. The molecule has 12 nitrogen and oxygen atoms in total. The number of carbonyl (C=O) groups is 1. The third-order valence-electron chi connectivity index (χ3n) is 3.95. The molecule has 0 aromatic carbocycles. The van der Waals surface area contributed by atoms with Gasteiger partial charge in [0.05, 0.1) is 6.61 Å². The van der Waals surface area contributed by atoms with E-state index in [0.717, 1.165) is 0 Å². The van der Waals surface area contributed by atoms with Crippen LogP contribution in [0, 0.1) is 0 Å². The fourth-order valence-corrected chi connectivity index (χ4v) is 2.54. The van der Waals surface area contributed by atoms with Gasteiger partial charge in [-0.15, -0.1) is 0 Å². The molecule has 0 bridgehead atoms. The minimum atomic E-state index is -1.98. The van der Waals surface area contributed by atoms with Crippen molar-refractivity contribution in [3.63, 3.8) is 0 Å². The summed E-state index contributed by atoms with van der Waals surface area (Å²) >= 11 is 0. The predicted octanol–water partition coefficient (Wildman–Crippen LogP) is -5.30. The summed E-state index contributed by atoms with van der Waals surface area (Å²) in [7, 11) is 0. The van der Waals surface area contributed by atoms with Gasteiger partial charge in [0.2, 0.25) is 0 Å². The van der Waals surface area contributed by atoms with Crippen molar-refractivity contribution >= 4 is 5.97 Å². The van der Waals surface area contributed by atoms with Gasteiger partial charge >= 0.3 is 5.97 Å². The van der Waals surface area contributed by atoms with Crippen molar-refractivity contribution in [1.82, 2.24) is 0 Å². The lowest BCUT2D eigenvalue weighted by Crippen LogP contribution is -2.65. The Morgan fingerprint density at radius 2 is 1.50 bits per heavy atom. The summed E-state index contributed by atoms with van der Waals surface area (Å²) in [5.74, 6) is -1.63. The van der Waals surface area contributed by atoms with Crippen LogP contribution in [0.5, 0.6) is 0 Å². The maximum absolute atomic E-state index is 11.2. The quantitative estimate of drug-likeness (QED) is 0.238. The smallest absolute Gasteiger partial charge is 0.335 e. The monoisotopic (exact) mass is 356 g/mol. The van der Waals surface area contributed by atoms with Gasteiger partial charge in [0.15, 0.2) is 18.7 Å². The van der Waals surface area contributed by atoms with Crippen LogP contribution in [-0.2, 0) is 19.0 Å². The summed E-state index contributed by atoms with van der Waals surface area (Å²) in [6.45, 7) is -0.738. The molecule has 0 amide bonds. The highest BCUT2D eigenvalue weighted by Crippen LogP contribution is 2.28. The van der Waals surface area contributed by atoms with Crippen molar-refractivity contribution in [1.29, 1.82) is 0 Å². The molecule has 2 rings (SSSR count). The van der Waals surface area contributed by atoms with E-state index < -0.39 is 74.0 Å². The lowest BCUT2D eigenvalue weighted by atomic mass is 9.97. The molecule has 24 heavy (non-hydrogen) atoms. The van der Waals surface area contributed by atoms with E-state index in [2.05, 4.69) is 4.74 Å². The van der Waals surface area contributed by atoms with Gasteiger partial charge in [-0.05, 0) is 0 Å². The van der Waals surface area contributed by atoms with Gasteiger partial charge in [-0.3, -0.25) is 0 Å². The predicted molar refractivity (Wildman–Crippen MR) is 69.2 cm³/mol. The van der Waals surface area contributed by atoms with Crippen molar-refractivity contribution in [2.24, 2.45) is 0 Å². The van der Waals surface area contributed by atoms with Crippen LogP contribution < -0.4 is 0 Å². The Morgan fingerprint density at radius 3 is 2.04 bits per heavy atom. The Hall–Kier alpha value is -0.930. The van der Waals surface area contributed by atoms with E-state index in [1.807, 2.05) is 0 Å². The summed E-state index contributed by atoms with van der Waals surface area (Å²) in [4.78, 5) is 11.2. The van der Waals surface area contributed by atoms with Crippen LogP contribution in [0.1, 0.15) is 0 Å². The molecular weight excluding hydrogens is 336 g/mol. The van der Waals surface area contributed by atoms with Crippen LogP contribution in [0.3, 0.4) is 0 Å². The van der Waals surface area contributed by atoms with E-state index in [1.165, 1.54) is 0 Å². The Bertz CT molecular complexity index is 444. The van der Waals surface area contributed by atoms with Crippen LogP contribution in [0.4, 0.5) is 0 Å². The molecule has 2 fully saturated rings. The zero-order chi connectivity index (χ0) is 18.2. The average molecular weight is 356 g/mol. The highest BCUT2D eigenvalue weighted by atomic mass is 16.7. The van der Waals surface area contributed by atoms with Gasteiger partial charge < -0.3 is 55.1 Å². The number of aliphatic carboxylic acids is 1. The fraction of sp³-hybridized carbons (Fsp3) is 0.917. The van der Waals surface area contributed by atoms with Crippen LogP contribution in [0.15, 0.2) is 0 Å². The Morgan fingerprint density at radius 1 is 0.875 bits per heavy atom. The third kappa shape index (κ3) is 3.52. The molecule has 140 valence electrons. The van der Waals surface area contributed by atoms with E-state index in [0.29, 0.717) is 0 Å². The lowest BCUT2D eigenvalue weighted by molar-refractivity contribution is -0.350. The molecule has 0 radical (unpaired) electrons. The molecule has 2 aliphatic rings. The topological polar surface area (TPSA) is 207 Å². The number of hydrogen-bond acceptors (Lipinski definition) is 11. The molecule has 12 heteroatoms. The molecule has 2 heterocycles. The largest absolute Gasteiger partial charge is 0.479 e. The summed E-state index contributed by atoms with van der Waals surface area (Å²) in [6.07, 6.45) is -17.8. The summed E-state index contributed by atoms with van der Waals surface area (Å²) in [6, 6.07) is 0. The molecule has 0 aliphatic carbocycles. The van der Waals surface area contributed by atoms with Crippen molar-refractivity contribution in [3.8, 4) is 0 Å². The average Bonchev–Trinajstić information content (AvgIpc) is 2.54. The molecule has 2 aliphatic heterocycles. The SMILES string of the molecule is O=C(O)[C@H]1O[C@H](O)[C@H](O)[C@@H](O)[C@@H]1O[C@H]1O[C@H](CO)[C@@H](O)[C@H](O)[C@@H]1O. The number of carboxylic acid groups (broad SMARTS) is 1. The second-order valence-electron chi connectivity index (χ2n) is 5.56. The standard InChI is InChI=1S/C12H20O12/c13-1-2-3(14)4(15)7(18)12(22-2)24-8-5(16)6(17)11(21)23-9(8)10(19)20/h2-9,11-18,21H,1H2,(H,19,20)/t2-,3-,4+,5-,6-,7+,8+,9+,11+,12-/m1/s1. The van der Waals surface area contributed by atoms with Gasteiger partial charge in [0, 0.05) is 0 Å². The molecule has 2 saturated heterocycles. The number of aliphatic hydroxyl groups is 7. The number of ether oxygens (including phenoxy) is 3. The molecule has 0 aromatic rings. The summed E-state index contributed by atoms with van der Waals surface area (Å²) < 4.78 is 14.8. The van der Waals surface area contributed by atoms with Crippen molar-refractivity contribution in [2.75, 3.05) is 6.61 Å². The second-order valence-corrected chi connectivity index (χ2v) is 5.56. The van der Waals surface area contributed by atoms with Gasteiger partial charge in [-0.25, -0.2) is 4.79 Å². The van der Waals surface area contributed by atoms with Gasteiger partial charge in [-0.1, -0.05) is 0 Å². The fourth-order valence-electron chi connectivity index (χ4n) is 2.54. The lowest BCUT2D eigenvalue weighted by Gasteiger charge is -2.44.